The van der Waals surface area contributed by atoms with Crippen LogP contribution in [0.15, 0.2) is 49.4 Å². The van der Waals surface area contributed by atoms with Crippen LogP contribution in [0.5, 0.6) is 0 Å². The number of nitrogens with zero attached hydrogens (tertiary/aromatic N) is 2. The van der Waals surface area contributed by atoms with E-state index in [1.54, 1.807) is 17.4 Å². The Bertz CT molecular complexity index is 998. The van der Waals surface area contributed by atoms with Crippen molar-refractivity contribution in [2.75, 3.05) is 5.32 Å². The van der Waals surface area contributed by atoms with Crippen LogP contribution < -0.4 is 10.6 Å². The summed E-state index contributed by atoms with van der Waals surface area (Å²) < 4.78 is 0. The van der Waals surface area contributed by atoms with Gasteiger partial charge in [0.05, 0.1) is 6.33 Å². The van der Waals surface area contributed by atoms with Crippen molar-refractivity contribution in [3.05, 3.63) is 60.7 Å². The van der Waals surface area contributed by atoms with E-state index in [0.717, 1.165) is 16.9 Å². The molecule has 3 aliphatic heterocycles. The molecule has 3 aliphatic rings. The van der Waals surface area contributed by atoms with E-state index in [4.69, 9.17) is 0 Å². The second-order valence-electron chi connectivity index (χ2n) is 8.80. The SMILES string of the molecule is C=CC(C)(C)[C@@]12C[C@H]3C(=O)N[C@H](Cc4cnc[nH]4)C(=O)N3[C@@H]1Nc1ccccc12. The summed E-state index contributed by atoms with van der Waals surface area (Å²) in [7, 11) is 0. The number of benzene rings is 1. The van der Waals surface area contributed by atoms with Gasteiger partial charge in [-0.25, -0.2) is 4.98 Å². The number of fused-ring (bicyclic) bond motifs is 5. The third kappa shape index (κ3) is 2.27. The van der Waals surface area contributed by atoms with Crippen molar-refractivity contribution < 1.29 is 9.59 Å². The number of allylic oxidation sites excluding steroid dienone is 1. The molecule has 0 unspecified atom stereocenters. The van der Waals surface area contributed by atoms with Crippen LogP contribution in [0.25, 0.3) is 0 Å². The first-order valence-electron chi connectivity index (χ1n) is 9.98. The molecular formula is C22H25N5O2. The summed E-state index contributed by atoms with van der Waals surface area (Å²) in [6.45, 7) is 8.36. The van der Waals surface area contributed by atoms with Crippen LogP contribution in [-0.2, 0) is 21.4 Å². The minimum atomic E-state index is -0.604. The van der Waals surface area contributed by atoms with E-state index in [2.05, 4.69) is 47.1 Å². The molecular weight excluding hydrogens is 366 g/mol. The fraction of sp³-hybridized carbons (Fsp3) is 0.409. The number of hydrogen-bond acceptors (Lipinski definition) is 4. The topological polar surface area (TPSA) is 90.1 Å². The Morgan fingerprint density at radius 3 is 2.83 bits per heavy atom. The number of imidazole rings is 1. The van der Waals surface area contributed by atoms with Crippen LogP contribution in [0.3, 0.4) is 0 Å². The zero-order valence-electron chi connectivity index (χ0n) is 16.6. The zero-order valence-corrected chi connectivity index (χ0v) is 16.6. The number of aromatic nitrogens is 2. The van der Waals surface area contributed by atoms with E-state index in [-0.39, 0.29) is 23.4 Å². The molecule has 1 aromatic heterocycles. The Balaban J connectivity index is 1.59. The minimum absolute atomic E-state index is 0.0590. The Labute approximate surface area is 169 Å². The third-order valence-electron chi connectivity index (χ3n) is 7.11. The molecule has 1 aromatic carbocycles. The highest BCUT2D eigenvalue weighted by Gasteiger charge is 2.67. The van der Waals surface area contributed by atoms with Gasteiger partial charge in [0.1, 0.15) is 18.2 Å². The summed E-state index contributed by atoms with van der Waals surface area (Å²) in [4.78, 5) is 35.4. The molecule has 4 atom stereocenters. The van der Waals surface area contributed by atoms with Gasteiger partial charge in [0, 0.05) is 29.4 Å². The van der Waals surface area contributed by atoms with Crippen molar-refractivity contribution in [3.8, 4) is 0 Å². The number of amides is 2. The molecule has 0 aliphatic carbocycles. The smallest absolute Gasteiger partial charge is 0.247 e. The number of carbonyl (C=O) groups is 2. The normalized spacial score (nSPS) is 30.3. The lowest BCUT2D eigenvalue weighted by atomic mass is 9.60. The van der Waals surface area contributed by atoms with Gasteiger partial charge in [-0.1, -0.05) is 38.1 Å². The Hall–Kier alpha value is -3.09. The second kappa shape index (κ2) is 5.95. The van der Waals surface area contributed by atoms with Crippen LogP contribution in [-0.4, -0.2) is 44.9 Å². The molecule has 0 radical (unpaired) electrons. The number of aromatic amines is 1. The Morgan fingerprint density at radius 1 is 1.31 bits per heavy atom. The van der Waals surface area contributed by atoms with Crippen LogP contribution >= 0.6 is 0 Å². The summed E-state index contributed by atoms with van der Waals surface area (Å²) in [5, 5.41) is 6.51. The molecule has 3 N–H and O–H groups in total. The molecule has 5 rings (SSSR count). The van der Waals surface area contributed by atoms with Crippen molar-refractivity contribution in [1.29, 1.82) is 0 Å². The van der Waals surface area contributed by atoms with Gasteiger partial charge < -0.3 is 20.5 Å². The molecule has 2 aromatic rings. The predicted octanol–water partition coefficient (Wildman–Crippen LogP) is 1.95. The number of anilines is 1. The van der Waals surface area contributed by atoms with E-state index in [1.165, 1.54) is 0 Å². The average molecular weight is 391 g/mol. The maximum absolute atomic E-state index is 13.5. The number of hydrogen-bond donors (Lipinski definition) is 3. The molecule has 0 spiro atoms. The van der Waals surface area contributed by atoms with Crippen LogP contribution in [0.2, 0.25) is 0 Å². The summed E-state index contributed by atoms with van der Waals surface area (Å²) in [5.74, 6) is -0.154. The standard InChI is InChI=1S/C22H25N5O2/c1-4-21(2,3)22-10-17-18(28)25-16(9-13-11-23-12-24-13)19(29)27(17)20(22)26-15-8-6-5-7-14(15)22/h4-8,11-12,16-17,20,26H,1,9-10H2,2-3H3,(H,23,24)(H,25,28)/t16-,17+,20+,22-/m1/s1. The highest BCUT2D eigenvalue weighted by Crippen LogP contribution is 2.60. The largest absolute Gasteiger partial charge is 0.364 e. The Morgan fingerprint density at radius 2 is 2.10 bits per heavy atom. The van der Waals surface area contributed by atoms with Crippen molar-refractivity contribution in [3.63, 3.8) is 0 Å². The third-order valence-corrected chi connectivity index (χ3v) is 7.11. The lowest BCUT2D eigenvalue weighted by Gasteiger charge is -2.44. The van der Waals surface area contributed by atoms with E-state index in [0.29, 0.717) is 12.8 Å². The molecule has 150 valence electrons. The van der Waals surface area contributed by atoms with E-state index < -0.39 is 17.5 Å². The van der Waals surface area contributed by atoms with Crippen LogP contribution in [0.4, 0.5) is 5.69 Å². The molecule has 7 heteroatoms. The number of nitrogens with one attached hydrogen (secondary N) is 3. The number of para-hydroxylation sites is 1. The summed E-state index contributed by atoms with van der Waals surface area (Å²) in [5.41, 5.74) is 2.24. The first kappa shape index (κ1) is 18.0. The highest BCUT2D eigenvalue weighted by atomic mass is 16.2. The van der Waals surface area contributed by atoms with Crippen molar-refractivity contribution in [2.24, 2.45) is 5.41 Å². The second-order valence-corrected chi connectivity index (χ2v) is 8.80. The molecule has 2 amide bonds. The molecule has 4 heterocycles. The number of rotatable bonds is 4. The lowest BCUT2D eigenvalue weighted by Crippen LogP contribution is -2.64. The monoisotopic (exact) mass is 391 g/mol. The number of carbonyl (C=O) groups excluding carboxylic acids is 2. The van der Waals surface area contributed by atoms with E-state index in [9.17, 15) is 9.59 Å². The van der Waals surface area contributed by atoms with E-state index in [1.807, 2.05) is 24.3 Å². The van der Waals surface area contributed by atoms with Gasteiger partial charge in [-0.3, -0.25) is 9.59 Å². The molecule has 0 saturated carbocycles. The first-order valence-corrected chi connectivity index (χ1v) is 9.98. The first-order chi connectivity index (χ1) is 13.9. The fourth-order valence-electron chi connectivity index (χ4n) is 5.44. The molecule has 2 fully saturated rings. The number of piperazine rings is 1. The van der Waals surface area contributed by atoms with Crippen LogP contribution in [0.1, 0.15) is 31.5 Å². The molecule has 2 saturated heterocycles. The molecule has 7 nitrogen and oxygen atoms in total. The van der Waals surface area contributed by atoms with Crippen molar-refractivity contribution in [1.82, 2.24) is 20.2 Å². The summed E-state index contributed by atoms with van der Waals surface area (Å²) in [6, 6.07) is 7.06. The van der Waals surface area contributed by atoms with Crippen molar-refractivity contribution >= 4 is 17.5 Å². The predicted molar refractivity (Wildman–Crippen MR) is 109 cm³/mol. The number of H-pyrrole nitrogens is 1. The van der Waals surface area contributed by atoms with Gasteiger partial charge in [-0.15, -0.1) is 6.58 Å². The fourth-order valence-corrected chi connectivity index (χ4v) is 5.44. The van der Waals surface area contributed by atoms with Gasteiger partial charge in [0.25, 0.3) is 0 Å². The summed E-state index contributed by atoms with van der Waals surface area (Å²) in [6.07, 6.45) is 5.88. The van der Waals surface area contributed by atoms with Gasteiger partial charge in [0.2, 0.25) is 11.8 Å². The average Bonchev–Trinajstić information content (AvgIpc) is 3.40. The maximum atomic E-state index is 13.5. The van der Waals surface area contributed by atoms with Gasteiger partial charge in [-0.2, -0.15) is 0 Å². The van der Waals surface area contributed by atoms with Gasteiger partial charge in [0.15, 0.2) is 0 Å². The molecule has 0 bridgehead atoms. The van der Waals surface area contributed by atoms with Gasteiger partial charge >= 0.3 is 0 Å². The van der Waals surface area contributed by atoms with Crippen LogP contribution in [0, 0.1) is 5.41 Å². The summed E-state index contributed by atoms with van der Waals surface area (Å²) >= 11 is 0. The minimum Gasteiger partial charge on any atom is -0.364 e. The maximum Gasteiger partial charge on any atom is 0.247 e. The highest BCUT2D eigenvalue weighted by molar-refractivity contribution is 5.99. The molecule has 29 heavy (non-hydrogen) atoms. The quantitative estimate of drug-likeness (QED) is 0.695. The van der Waals surface area contributed by atoms with E-state index >= 15 is 0 Å². The zero-order chi connectivity index (χ0) is 20.4. The van der Waals surface area contributed by atoms with Gasteiger partial charge in [-0.05, 0) is 23.5 Å². The lowest BCUT2D eigenvalue weighted by molar-refractivity contribution is -0.148. The van der Waals surface area contributed by atoms with Crippen molar-refractivity contribution in [2.45, 2.75) is 50.4 Å². The Kier molecular flexibility index (Phi) is 3.69.